The Labute approximate surface area is 157 Å². The molecule has 1 amide bonds. The Morgan fingerprint density at radius 1 is 1.24 bits per heavy atom. The maximum absolute atomic E-state index is 12.7. The van der Waals surface area contributed by atoms with Gasteiger partial charge in [-0.3, -0.25) is 4.79 Å². The highest BCUT2D eigenvalue weighted by molar-refractivity contribution is 8.03. The first-order chi connectivity index (χ1) is 12.0. The molecule has 0 saturated heterocycles. The molecule has 0 radical (unpaired) electrons. The van der Waals surface area contributed by atoms with Crippen LogP contribution in [0.5, 0.6) is 0 Å². The molecule has 0 fully saturated rings. The van der Waals surface area contributed by atoms with Crippen LogP contribution in [0, 0.1) is 19.8 Å². The molecule has 1 aromatic carbocycles. The van der Waals surface area contributed by atoms with Gasteiger partial charge in [-0.05, 0) is 73.4 Å². The molecule has 1 aromatic heterocycles. The number of amides is 1. The summed E-state index contributed by atoms with van der Waals surface area (Å²) in [4.78, 5) is 16.4. The van der Waals surface area contributed by atoms with Gasteiger partial charge < -0.3 is 5.32 Å². The number of hydrogen-bond donors (Lipinski definition) is 1. The molecule has 1 aliphatic heterocycles. The molecule has 4 rings (SSSR count). The number of thioether (sulfide) groups is 1. The monoisotopic (exact) mass is 369 g/mol. The Morgan fingerprint density at radius 2 is 2.08 bits per heavy atom. The first-order valence-corrected chi connectivity index (χ1v) is 10.7. The average molecular weight is 370 g/mol. The highest BCUT2D eigenvalue weighted by Crippen LogP contribution is 2.43. The van der Waals surface area contributed by atoms with E-state index in [1.54, 1.807) is 22.2 Å². The molecule has 2 nitrogen and oxygen atoms in total. The quantitative estimate of drug-likeness (QED) is 0.734. The van der Waals surface area contributed by atoms with Crippen LogP contribution in [0.3, 0.4) is 0 Å². The van der Waals surface area contributed by atoms with Gasteiger partial charge in [-0.25, -0.2) is 0 Å². The number of thiophene rings is 1. The zero-order chi connectivity index (χ0) is 17.6. The molecule has 1 aliphatic carbocycles. The van der Waals surface area contributed by atoms with Gasteiger partial charge in [0.1, 0.15) is 0 Å². The van der Waals surface area contributed by atoms with Crippen molar-refractivity contribution >= 4 is 40.8 Å². The van der Waals surface area contributed by atoms with Crippen molar-refractivity contribution < 1.29 is 4.79 Å². The molecule has 130 valence electrons. The summed E-state index contributed by atoms with van der Waals surface area (Å²) in [5.41, 5.74) is 6.32. The van der Waals surface area contributed by atoms with Crippen LogP contribution in [0.4, 0.5) is 5.69 Å². The average Bonchev–Trinajstić information content (AvgIpc) is 2.95. The van der Waals surface area contributed by atoms with E-state index in [-0.39, 0.29) is 5.91 Å². The summed E-state index contributed by atoms with van der Waals surface area (Å²) in [6.45, 7) is 6.47. The summed E-state index contributed by atoms with van der Waals surface area (Å²) in [7, 11) is 0. The molecule has 4 heteroatoms. The van der Waals surface area contributed by atoms with E-state index in [9.17, 15) is 4.79 Å². The largest absolute Gasteiger partial charge is 0.321 e. The standard InChI is InChI=1S/C21H23NOS2/c1-12-7-8-15-16-11-24-20(10-19(16)25-18(15)9-12)21(23)22-17-6-4-5-13(2)14(17)3/h4-6,10,12H,7-9,11H2,1-3H3,(H,22,23)/t12-/m1/s1. The lowest BCUT2D eigenvalue weighted by Gasteiger charge is -2.20. The number of benzene rings is 1. The number of carbonyl (C=O) groups excluding carboxylic acids is 1. The SMILES string of the molecule is Cc1cccc(NC(=O)C2=Cc3sc4c(c3CS2)CC[C@@H](C)C4)c1C. The molecule has 0 bridgehead atoms. The molecule has 2 aromatic rings. The Morgan fingerprint density at radius 3 is 2.92 bits per heavy atom. The lowest BCUT2D eigenvalue weighted by atomic mass is 9.88. The van der Waals surface area contributed by atoms with Crippen LogP contribution in [0.15, 0.2) is 23.1 Å². The minimum Gasteiger partial charge on any atom is -0.321 e. The zero-order valence-electron chi connectivity index (χ0n) is 14.9. The van der Waals surface area contributed by atoms with Gasteiger partial charge in [-0.2, -0.15) is 0 Å². The van der Waals surface area contributed by atoms with E-state index >= 15 is 0 Å². The third-order valence-corrected chi connectivity index (χ3v) is 7.65. The second-order valence-electron chi connectivity index (χ2n) is 7.19. The van der Waals surface area contributed by atoms with Crippen molar-refractivity contribution in [3.63, 3.8) is 0 Å². The van der Waals surface area contributed by atoms with Crippen molar-refractivity contribution in [2.45, 2.75) is 45.8 Å². The van der Waals surface area contributed by atoms with Gasteiger partial charge in [-0.15, -0.1) is 23.1 Å². The molecule has 0 spiro atoms. The van der Waals surface area contributed by atoms with Crippen LogP contribution >= 0.6 is 23.1 Å². The van der Waals surface area contributed by atoms with Crippen LogP contribution < -0.4 is 5.32 Å². The highest BCUT2D eigenvalue weighted by Gasteiger charge is 2.27. The zero-order valence-corrected chi connectivity index (χ0v) is 16.6. The van der Waals surface area contributed by atoms with E-state index < -0.39 is 0 Å². The van der Waals surface area contributed by atoms with Crippen molar-refractivity contribution in [1.82, 2.24) is 0 Å². The van der Waals surface area contributed by atoms with Crippen molar-refractivity contribution in [3.05, 3.63) is 55.1 Å². The van der Waals surface area contributed by atoms with Crippen molar-refractivity contribution in [2.75, 3.05) is 5.32 Å². The molecule has 0 unspecified atom stereocenters. The number of anilines is 1. The second kappa shape index (κ2) is 6.65. The fourth-order valence-corrected chi connectivity index (χ4v) is 6.28. The van der Waals surface area contributed by atoms with Gasteiger partial charge in [0.15, 0.2) is 0 Å². The topological polar surface area (TPSA) is 29.1 Å². The molecule has 2 aliphatic rings. The van der Waals surface area contributed by atoms with E-state index in [4.69, 9.17) is 0 Å². The second-order valence-corrected chi connectivity index (χ2v) is 9.35. The Kier molecular flexibility index (Phi) is 4.50. The van der Waals surface area contributed by atoms with Crippen LogP contribution in [0.2, 0.25) is 0 Å². The van der Waals surface area contributed by atoms with E-state index in [0.717, 1.165) is 27.8 Å². The summed E-state index contributed by atoms with van der Waals surface area (Å²) in [6.07, 6.45) is 5.82. The summed E-state index contributed by atoms with van der Waals surface area (Å²) < 4.78 is 0. The van der Waals surface area contributed by atoms with Gasteiger partial charge >= 0.3 is 0 Å². The lowest BCUT2D eigenvalue weighted by Crippen LogP contribution is -2.15. The van der Waals surface area contributed by atoms with Crippen LogP contribution in [-0.4, -0.2) is 5.91 Å². The number of aryl methyl sites for hydroxylation is 1. The number of nitrogens with one attached hydrogen (secondary N) is 1. The normalized spacial score (nSPS) is 19.0. The Bertz CT molecular complexity index is 878. The summed E-state index contributed by atoms with van der Waals surface area (Å²) >= 11 is 3.58. The van der Waals surface area contributed by atoms with E-state index in [1.807, 2.05) is 23.5 Å². The minimum atomic E-state index is 0.0177. The van der Waals surface area contributed by atoms with Crippen molar-refractivity contribution in [1.29, 1.82) is 0 Å². The number of hydrogen-bond acceptors (Lipinski definition) is 3. The van der Waals surface area contributed by atoms with E-state index in [2.05, 4.69) is 38.2 Å². The summed E-state index contributed by atoms with van der Waals surface area (Å²) in [6, 6.07) is 6.04. The molecule has 1 atom stereocenters. The van der Waals surface area contributed by atoms with E-state index in [1.165, 1.54) is 35.3 Å². The molecule has 1 N–H and O–H groups in total. The van der Waals surface area contributed by atoms with Crippen LogP contribution in [-0.2, 0) is 23.4 Å². The first kappa shape index (κ1) is 16.9. The predicted molar refractivity (Wildman–Crippen MR) is 109 cm³/mol. The number of carbonyl (C=O) groups is 1. The van der Waals surface area contributed by atoms with Crippen LogP contribution in [0.1, 0.15) is 45.4 Å². The maximum atomic E-state index is 12.7. The Hall–Kier alpha value is -1.52. The Balaban J connectivity index is 1.59. The third kappa shape index (κ3) is 3.18. The number of fused-ring (bicyclic) bond motifs is 3. The van der Waals surface area contributed by atoms with Crippen LogP contribution in [0.25, 0.3) is 6.08 Å². The predicted octanol–water partition coefficient (Wildman–Crippen LogP) is 5.72. The number of rotatable bonds is 2. The van der Waals surface area contributed by atoms with Gasteiger partial charge in [0.05, 0.1) is 4.91 Å². The van der Waals surface area contributed by atoms with E-state index in [0.29, 0.717) is 0 Å². The van der Waals surface area contributed by atoms with Gasteiger partial charge in [0, 0.05) is 21.2 Å². The molecule has 2 heterocycles. The fourth-order valence-electron chi connectivity index (χ4n) is 3.62. The third-order valence-electron chi connectivity index (χ3n) is 5.36. The maximum Gasteiger partial charge on any atom is 0.262 e. The highest BCUT2D eigenvalue weighted by atomic mass is 32.2. The smallest absolute Gasteiger partial charge is 0.262 e. The molecular formula is C21H23NOS2. The molecule has 25 heavy (non-hydrogen) atoms. The molecular weight excluding hydrogens is 346 g/mol. The molecule has 0 saturated carbocycles. The van der Waals surface area contributed by atoms with Gasteiger partial charge in [0.2, 0.25) is 0 Å². The first-order valence-electron chi connectivity index (χ1n) is 8.88. The van der Waals surface area contributed by atoms with Gasteiger partial charge in [-0.1, -0.05) is 19.1 Å². The summed E-state index contributed by atoms with van der Waals surface area (Å²) in [5, 5.41) is 3.10. The minimum absolute atomic E-state index is 0.0177. The van der Waals surface area contributed by atoms with Crippen molar-refractivity contribution in [3.8, 4) is 0 Å². The lowest BCUT2D eigenvalue weighted by molar-refractivity contribution is -0.112. The van der Waals surface area contributed by atoms with Gasteiger partial charge in [0.25, 0.3) is 5.91 Å². The van der Waals surface area contributed by atoms with Crippen molar-refractivity contribution in [2.24, 2.45) is 5.92 Å². The fraction of sp³-hybridized carbons (Fsp3) is 0.381. The summed E-state index contributed by atoms with van der Waals surface area (Å²) in [5.74, 6) is 1.74.